The molecule has 1 fully saturated rings. The molecule has 1 aliphatic heterocycles. The lowest BCUT2D eigenvalue weighted by Crippen LogP contribution is -2.58. The molecule has 6 amide bonds. The molecule has 0 aromatic heterocycles. The van der Waals surface area contributed by atoms with Gasteiger partial charge in [-0.3, -0.25) is 24.5 Å². The summed E-state index contributed by atoms with van der Waals surface area (Å²) in [5.74, 6) is -3.89. The highest BCUT2D eigenvalue weighted by molar-refractivity contribution is 6.33. The van der Waals surface area contributed by atoms with Crippen LogP contribution in [0.2, 0.25) is 5.02 Å². The lowest BCUT2D eigenvalue weighted by Gasteiger charge is -2.28. The number of hydrogen-bond acceptors (Lipinski definition) is 6. The number of nitrogens with one attached hydrogen (secondary N) is 3. The van der Waals surface area contributed by atoms with Gasteiger partial charge >= 0.3 is 6.03 Å². The van der Waals surface area contributed by atoms with Gasteiger partial charge in [0.05, 0.1) is 5.69 Å². The molecule has 1 saturated heterocycles. The predicted octanol–water partition coefficient (Wildman–Crippen LogP) is 2.94. The van der Waals surface area contributed by atoms with Crippen LogP contribution in [0, 0.1) is 11.3 Å². The van der Waals surface area contributed by atoms with Crippen molar-refractivity contribution in [2.75, 3.05) is 10.2 Å². The smallest absolute Gasteiger partial charge is 0.326 e. The average Bonchev–Trinajstić information content (AvgIpc) is 2.77. The quantitative estimate of drug-likeness (QED) is 0.341. The third kappa shape index (κ3) is 5.65. The Labute approximate surface area is 200 Å². The summed E-state index contributed by atoms with van der Waals surface area (Å²) >= 11 is 5.83. The number of hydrazone groups is 1. The first-order chi connectivity index (χ1) is 16.0. The van der Waals surface area contributed by atoms with Crippen LogP contribution in [0.1, 0.15) is 31.1 Å². The average molecular weight is 484 g/mol. The van der Waals surface area contributed by atoms with Crippen molar-refractivity contribution in [3.63, 3.8) is 0 Å². The zero-order valence-corrected chi connectivity index (χ0v) is 19.3. The highest BCUT2D eigenvalue weighted by Crippen LogP contribution is 2.22. The largest absolute Gasteiger partial charge is 0.335 e. The van der Waals surface area contributed by atoms with E-state index in [1.165, 1.54) is 36.4 Å². The van der Waals surface area contributed by atoms with Crippen LogP contribution in [0.15, 0.2) is 53.6 Å². The number of rotatable bonds is 5. The molecule has 176 valence electrons. The fourth-order valence-corrected chi connectivity index (χ4v) is 2.94. The van der Waals surface area contributed by atoms with Gasteiger partial charge in [-0.25, -0.2) is 15.1 Å². The molecule has 1 atom stereocenters. The Morgan fingerprint density at radius 3 is 2.24 bits per heavy atom. The van der Waals surface area contributed by atoms with E-state index in [1.54, 1.807) is 32.9 Å². The maximum atomic E-state index is 12.7. The van der Waals surface area contributed by atoms with E-state index in [9.17, 15) is 24.0 Å². The Hall–Kier alpha value is -4.05. The van der Waals surface area contributed by atoms with Crippen LogP contribution in [0.25, 0.3) is 0 Å². The van der Waals surface area contributed by atoms with Crippen LogP contribution in [-0.2, 0) is 14.4 Å². The van der Waals surface area contributed by atoms with Gasteiger partial charge in [-0.05, 0) is 48.5 Å². The number of urea groups is 1. The molecule has 2 aromatic carbocycles. The zero-order valence-electron chi connectivity index (χ0n) is 18.6. The van der Waals surface area contributed by atoms with Crippen molar-refractivity contribution in [1.82, 2.24) is 10.7 Å². The first-order valence-electron chi connectivity index (χ1n) is 10.2. The molecule has 0 radical (unpaired) electrons. The number of hydrogen-bond donors (Lipinski definition) is 3. The van der Waals surface area contributed by atoms with Crippen LogP contribution in [0.4, 0.5) is 16.2 Å². The summed E-state index contributed by atoms with van der Waals surface area (Å²) in [6.45, 7) is 5.35. The second-order valence-corrected chi connectivity index (χ2v) is 8.86. The second kappa shape index (κ2) is 9.84. The fourth-order valence-electron chi connectivity index (χ4n) is 2.81. The number of nitrogens with zero attached hydrogens (tertiary/aromatic N) is 2. The van der Waals surface area contributed by atoms with Crippen LogP contribution in [0.3, 0.4) is 0 Å². The molecule has 0 aliphatic carbocycles. The van der Waals surface area contributed by atoms with Gasteiger partial charge < -0.3 is 5.32 Å². The summed E-state index contributed by atoms with van der Waals surface area (Å²) in [6.07, 6.45) is 0.947. The maximum Gasteiger partial charge on any atom is 0.335 e. The molecule has 0 saturated carbocycles. The Balaban J connectivity index is 1.65. The van der Waals surface area contributed by atoms with Gasteiger partial charge in [0.15, 0.2) is 5.92 Å². The molecule has 1 heterocycles. The molecule has 3 rings (SSSR count). The standard InChI is InChI=1S/C23H22ClN5O5/c1-23(2,3)21(33)26-15-8-4-13(5-9-15)18(30)28-25-12-17-19(31)27-22(34)29(20(17)32)16-10-6-14(24)7-11-16/h4-12,17H,1-3H3,(H,26,33)(H,28,30)(H,27,31,34). The maximum absolute atomic E-state index is 12.7. The minimum atomic E-state index is -1.43. The molecule has 10 nitrogen and oxygen atoms in total. The lowest BCUT2D eigenvalue weighted by atomic mass is 9.95. The molecule has 34 heavy (non-hydrogen) atoms. The summed E-state index contributed by atoms with van der Waals surface area (Å²) in [4.78, 5) is 62.2. The molecule has 11 heteroatoms. The highest BCUT2D eigenvalue weighted by atomic mass is 35.5. The number of anilines is 2. The van der Waals surface area contributed by atoms with Gasteiger partial charge in [0, 0.05) is 27.9 Å². The normalized spacial score (nSPS) is 16.4. The Morgan fingerprint density at radius 2 is 1.65 bits per heavy atom. The van der Waals surface area contributed by atoms with Crippen molar-refractivity contribution >= 4 is 58.9 Å². The lowest BCUT2D eigenvalue weighted by molar-refractivity contribution is -0.131. The van der Waals surface area contributed by atoms with Gasteiger partial charge in [0.2, 0.25) is 11.8 Å². The van der Waals surface area contributed by atoms with Gasteiger partial charge in [-0.1, -0.05) is 32.4 Å². The van der Waals surface area contributed by atoms with E-state index in [0.717, 1.165) is 11.1 Å². The number of imide groups is 2. The van der Waals surface area contributed by atoms with E-state index in [0.29, 0.717) is 10.7 Å². The third-order valence-electron chi connectivity index (χ3n) is 4.76. The van der Waals surface area contributed by atoms with Crippen molar-refractivity contribution in [2.24, 2.45) is 16.4 Å². The number of amides is 6. The van der Waals surface area contributed by atoms with Crippen molar-refractivity contribution < 1.29 is 24.0 Å². The number of carbonyl (C=O) groups is 5. The van der Waals surface area contributed by atoms with Crippen LogP contribution < -0.4 is 21.0 Å². The van der Waals surface area contributed by atoms with Gasteiger partial charge in [-0.15, -0.1) is 0 Å². The summed E-state index contributed by atoms with van der Waals surface area (Å²) < 4.78 is 0. The highest BCUT2D eigenvalue weighted by Gasteiger charge is 2.40. The topological polar surface area (TPSA) is 137 Å². The van der Waals surface area contributed by atoms with Crippen LogP contribution in [-0.4, -0.2) is 35.9 Å². The summed E-state index contributed by atoms with van der Waals surface area (Å²) in [5, 5.41) is 8.95. The summed E-state index contributed by atoms with van der Waals surface area (Å²) in [6, 6.07) is 11.1. The monoisotopic (exact) mass is 483 g/mol. The number of barbiturate groups is 1. The molecular weight excluding hydrogens is 462 g/mol. The first-order valence-corrected chi connectivity index (χ1v) is 10.5. The number of benzene rings is 2. The second-order valence-electron chi connectivity index (χ2n) is 8.42. The van der Waals surface area contributed by atoms with Crippen molar-refractivity contribution in [1.29, 1.82) is 0 Å². The van der Waals surface area contributed by atoms with Gasteiger partial charge in [0.1, 0.15) is 0 Å². The number of halogens is 1. The number of carbonyl (C=O) groups excluding carboxylic acids is 5. The van der Waals surface area contributed by atoms with E-state index >= 15 is 0 Å². The van der Waals surface area contributed by atoms with E-state index in [2.05, 4.69) is 21.2 Å². The minimum Gasteiger partial charge on any atom is -0.326 e. The molecule has 1 unspecified atom stereocenters. The van der Waals surface area contributed by atoms with E-state index in [1.807, 2.05) is 0 Å². The van der Waals surface area contributed by atoms with Crippen LogP contribution >= 0.6 is 11.6 Å². The summed E-state index contributed by atoms with van der Waals surface area (Å²) in [5.41, 5.74) is 2.65. The van der Waals surface area contributed by atoms with Crippen molar-refractivity contribution in [3.8, 4) is 0 Å². The molecule has 0 bridgehead atoms. The SMILES string of the molecule is CC(C)(C)C(=O)Nc1ccc(C(=O)NN=CC2C(=O)NC(=O)N(c3ccc(Cl)cc3)C2=O)cc1. The fraction of sp³-hybridized carbons (Fsp3) is 0.217. The zero-order chi connectivity index (χ0) is 25.0. The summed E-state index contributed by atoms with van der Waals surface area (Å²) in [7, 11) is 0. The molecule has 2 aromatic rings. The van der Waals surface area contributed by atoms with Gasteiger partial charge in [-0.2, -0.15) is 5.10 Å². The molecule has 3 N–H and O–H groups in total. The van der Waals surface area contributed by atoms with Gasteiger partial charge in [0.25, 0.3) is 11.8 Å². The minimum absolute atomic E-state index is 0.171. The van der Waals surface area contributed by atoms with Crippen molar-refractivity contribution in [3.05, 3.63) is 59.1 Å². The van der Waals surface area contributed by atoms with Crippen molar-refractivity contribution in [2.45, 2.75) is 20.8 Å². The van der Waals surface area contributed by atoms with E-state index < -0.39 is 35.1 Å². The van der Waals surface area contributed by atoms with Crippen LogP contribution in [0.5, 0.6) is 0 Å². The van der Waals surface area contributed by atoms with E-state index in [4.69, 9.17) is 11.6 Å². The Kier molecular flexibility index (Phi) is 7.11. The molecule has 0 spiro atoms. The Bertz CT molecular complexity index is 1170. The van der Waals surface area contributed by atoms with E-state index in [-0.39, 0.29) is 17.2 Å². The third-order valence-corrected chi connectivity index (χ3v) is 5.01. The molecule has 1 aliphatic rings. The Morgan fingerprint density at radius 1 is 1.03 bits per heavy atom. The predicted molar refractivity (Wildman–Crippen MR) is 126 cm³/mol. The molecular formula is C23H22ClN5O5. The first kappa shape index (κ1) is 24.6.